The Kier molecular flexibility index (Phi) is 5.62. The second kappa shape index (κ2) is 7.46. The Morgan fingerprint density at radius 1 is 1.10 bits per heavy atom. The minimum atomic E-state index is -0.473. The highest BCUT2D eigenvalue weighted by atomic mass is 35.5. The van der Waals surface area contributed by atoms with Crippen molar-refractivity contribution in [3.8, 4) is 5.75 Å². The number of hydrogen-bond acceptors (Lipinski definition) is 3. The molecule has 0 aromatic heterocycles. The van der Waals surface area contributed by atoms with Crippen molar-refractivity contribution in [2.45, 2.75) is 19.1 Å². The summed E-state index contributed by atoms with van der Waals surface area (Å²) in [6.45, 7) is 0.297. The Balaban J connectivity index is 1.99. The standard InChI is InChI=1S/C16H15Cl2NO2/c17-15-2-1-3-16(18)14(15)10-21-13-6-4-11(5-7-13)8-12(19)9-20/h1-7,9,12H,8,10,19H2. The van der Waals surface area contributed by atoms with Crippen LogP contribution in [-0.2, 0) is 17.8 Å². The molecule has 0 aliphatic heterocycles. The smallest absolute Gasteiger partial charge is 0.137 e. The lowest BCUT2D eigenvalue weighted by Crippen LogP contribution is -2.23. The Bertz CT molecular complexity index is 594. The lowest BCUT2D eigenvalue weighted by atomic mass is 10.1. The van der Waals surface area contributed by atoms with E-state index < -0.39 is 6.04 Å². The lowest BCUT2D eigenvalue weighted by Gasteiger charge is -2.10. The number of aldehydes is 1. The fourth-order valence-corrected chi connectivity index (χ4v) is 2.37. The van der Waals surface area contributed by atoms with Crippen molar-refractivity contribution in [2.24, 2.45) is 5.73 Å². The van der Waals surface area contributed by atoms with E-state index in [-0.39, 0.29) is 0 Å². The molecule has 0 aliphatic carbocycles. The number of halogens is 2. The van der Waals surface area contributed by atoms with Crippen LogP contribution in [0.5, 0.6) is 5.75 Å². The summed E-state index contributed by atoms with van der Waals surface area (Å²) in [4.78, 5) is 10.5. The molecule has 0 amide bonds. The largest absolute Gasteiger partial charge is 0.489 e. The van der Waals surface area contributed by atoms with Gasteiger partial charge in [-0.2, -0.15) is 0 Å². The molecule has 0 saturated carbocycles. The first-order chi connectivity index (χ1) is 10.1. The minimum Gasteiger partial charge on any atom is -0.489 e. The summed E-state index contributed by atoms with van der Waals surface area (Å²) in [6, 6.07) is 12.3. The van der Waals surface area contributed by atoms with Gasteiger partial charge in [0.1, 0.15) is 18.6 Å². The molecule has 3 nitrogen and oxygen atoms in total. The van der Waals surface area contributed by atoms with Crippen LogP contribution in [0, 0.1) is 0 Å². The van der Waals surface area contributed by atoms with Gasteiger partial charge in [0.25, 0.3) is 0 Å². The molecule has 0 fully saturated rings. The molecule has 0 radical (unpaired) electrons. The summed E-state index contributed by atoms with van der Waals surface area (Å²) in [5.41, 5.74) is 7.32. The first-order valence-corrected chi connectivity index (χ1v) is 7.21. The van der Waals surface area contributed by atoms with Crippen LogP contribution in [-0.4, -0.2) is 12.3 Å². The Morgan fingerprint density at radius 2 is 1.71 bits per heavy atom. The van der Waals surface area contributed by atoms with Crippen molar-refractivity contribution in [1.82, 2.24) is 0 Å². The van der Waals surface area contributed by atoms with E-state index in [9.17, 15) is 4.79 Å². The van der Waals surface area contributed by atoms with Gasteiger partial charge in [0, 0.05) is 15.6 Å². The van der Waals surface area contributed by atoms with Crippen LogP contribution in [0.3, 0.4) is 0 Å². The van der Waals surface area contributed by atoms with Crippen LogP contribution in [0.2, 0.25) is 10.0 Å². The van der Waals surface area contributed by atoms with Gasteiger partial charge in [0.15, 0.2) is 0 Å². The molecule has 2 aromatic rings. The molecule has 2 rings (SSSR count). The fraction of sp³-hybridized carbons (Fsp3) is 0.188. The molecule has 1 atom stereocenters. The van der Waals surface area contributed by atoms with Crippen LogP contribution >= 0.6 is 23.2 Å². The molecular weight excluding hydrogens is 309 g/mol. The monoisotopic (exact) mass is 323 g/mol. The SMILES string of the molecule is NC(C=O)Cc1ccc(OCc2c(Cl)cccc2Cl)cc1. The van der Waals surface area contributed by atoms with Crippen molar-refractivity contribution >= 4 is 29.5 Å². The van der Waals surface area contributed by atoms with Gasteiger partial charge in [-0.25, -0.2) is 0 Å². The van der Waals surface area contributed by atoms with Crippen LogP contribution < -0.4 is 10.5 Å². The molecule has 2 aromatic carbocycles. The molecule has 2 N–H and O–H groups in total. The Hall–Kier alpha value is -1.55. The van der Waals surface area contributed by atoms with E-state index in [2.05, 4.69) is 0 Å². The lowest BCUT2D eigenvalue weighted by molar-refractivity contribution is -0.108. The molecule has 0 spiro atoms. The average molecular weight is 324 g/mol. The van der Waals surface area contributed by atoms with Crippen molar-refractivity contribution < 1.29 is 9.53 Å². The summed E-state index contributed by atoms with van der Waals surface area (Å²) in [5.74, 6) is 0.703. The molecule has 0 aliphatic rings. The quantitative estimate of drug-likeness (QED) is 0.826. The first kappa shape index (κ1) is 15.8. The molecule has 21 heavy (non-hydrogen) atoms. The van der Waals surface area contributed by atoms with Crippen LogP contribution in [0.1, 0.15) is 11.1 Å². The number of hydrogen-bond donors (Lipinski definition) is 1. The highest BCUT2D eigenvalue weighted by molar-refractivity contribution is 6.35. The second-order valence-electron chi connectivity index (χ2n) is 4.64. The topological polar surface area (TPSA) is 52.3 Å². The van der Waals surface area contributed by atoms with Crippen LogP contribution in [0.25, 0.3) is 0 Å². The maximum absolute atomic E-state index is 10.5. The van der Waals surface area contributed by atoms with E-state index in [1.807, 2.05) is 24.3 Å². The third-order valence-electron chi connectivity index (χ3n) is 3.01. The Labute approximate surface area is 133 Å². The number of carbonyl (C=O) groups excluding carboxylic acids is 1. The number of rotatable bonds is 6. The summed E-state index contributed by atoms with van der Waals surface area (Å²) >= 11 is 12.2. The summed E-state index contributed by atoms with van der Waals surface area (Å²) in [7, 11) is 0. The molecule has 110 valence electrons. The van der Waals surface area contributed by atoms with Gasteiger partial charge < -0.3 is 15.3 Å². The van der Waals surface area contributed by atoms with Gasteiger partial charge in [-0.05, 0) is 36.2 Å². The summed E-state index contributed by atoms with van der Waals surface area (Å²) in [6.07, 6.45) is 1.25. The van der Waals surface area contributed by atoms with Crippen molar-refractivity contribution in [2.75, 3.05) is 0 Å². The van der Waals surface area contributed by atoms with E-state index >= 15 is 0 Å². The van der Waals surface area contributed by atoms with E-state index in [1.54, 1.807) is 18.2 Å². The maximum atomic E-state index is 10.5. The summed E-state index contributed by atoms with van der Waals surface area (Å²) in [5, 5.41) is 1.16. The van der Waals surface area contributed by atoms with Crippen molar-refractivity contribution in [1.29, 1.82) is 0 Å². The maximum Gasteiger partial charge on any atom is 0.137 e. The van der Waals surface area contributed by atoms with Crippen molar-refractivity contribution in [3.05, 3.63) is 63.6 Å². The minimum absolute atomic E-state index is 0.297. The highest BCUT2D eigenvalue weighted by Gasteiger charge is 2.07. The third kappa shape index (κ3) is 4.46. The van der Waals surface area contributed by atoms with E-state index in [1.165, 1.54) is 0 Å². The predicted octanol–water partition coefficient (Wildman–Crippen LogP) is 3.64. The Morgan fingerprint density at radius 3 is 2.29 bits per heavy atom. The number of carbonyl (C=O) groups is 1. The fourth-order valence-electron chi connectivity index (χ4n) is 1.87. The number of benzene rings is 2. The van der Waals surface area contributed by atoms with Crippen molar-refractivity contribution in [3.63, 3.8) is 0 Å². The van der Waals surface area contributed by atoms with E-state index in [0.717, 1.165) is 17.4 Å². The van der Waals surface area contributed by atoms with Gasteiger partial charge in [0.05, 0.1) is 6.04 Å². The average Bonchev–Trinajstić information content (AvgIpc) is 2.48. The van der Waals surface area contributed by atoms with Crippen LogP contribution in [0.4, 0.5) is 0 Å². The first-order valence-electron chi connectivity index (χ1n) is 6.45. The van der Waals surface area contributed by atoms with Gasteiger partial charge in [-0.3, -0.25) is 0 Å². The normalized spacial score (nSPS) is 12.0. The second-order valence-corrected chi connectivity index (χ2v) is 5.45. The molecule has 0 saturated heterocycles. The zero-order valence-electron chi connectivity index (χ0n) is 11.3. The molecule has 0 heterocycles. The molecule has 1 unspecified atom stereocenters. The number of ether oxygens (including phenoxy) is 1. The van der Waals surface area contributed by atoms with Gasteiger partial charge >= 0.3 is 0 Å². The summed E-state index contributed by atoms with van der Waals surface area (Å²) < 4.78 is 5.67. The highest BCUT2D eigenvalue weighted by Crippen LogP contribution is 2.26. The molecule has 5 heteroatoms. The van der Waals surface area contributed by atoms with Gasteiger partial charge in [-0.1, -0.05) is 41.4 Å². The molecule has 0 bridgehead atoms. The third-order valence-corrected chi connectivity index (χ3v) is 3.72. The van der Waals surface area contributed by atoms with Crippen LogP contribution in [0.15, 0.2) is 42.5 Å². The number of nitrogens with two attached hydrogens (primary N) is 1. The zero-order valence-corrected chi connectivity index (χ0v) is 12.8. The van der Waals surface area contributed by atoms with E-state index in [4.69, 9.17) is 33.7 Å². The predicted molar refractivity (Wildman–Crippen MR) is 85.0 cm³/mol. The van der Waals surface area contributed by atoms with Gasteiger partial charge in [-0.15, -0.1) is 0 Å². The van der Waals surface area contributed by atoms with E-state index in [0.29, 0.717) is 28.8 Å². The zero-order chi connectivity index (χ0) is 15.2. The molecular formula is C16H15Cl2NO2. The van der Waals surface area contributed by atoms with Gasteiger partial charge in [0.2, 0.25) is 0 Å².